The molecule has 1 aliphatic rings. The van der Waals surface area contributed by atoms with E-state index < -0.39 is 0 Å². The second-order valence-electron chi connectivity index (χ2n) is 3.89. The van der Waals surface area contributed by atoms with E-state index in [4.69, 9.17) is 4.74 Å². The molecule has 0 spiro atoms. The molecule has 0 amide bonds. The van der Waals surface area contributed by atoms with Crippen molar-refractivity contribution in [3.8, 4) is 5.75 Å². The number of hydrogen-bond donors (Lipinski definition) is 0. The number of ketones is 1. The van der Waals surface area contributed by atoms with E-state index in [1.807, 2.05) is 25.1 Å². The van der Waals surface area contributed by atoms with Gasteiger partial charge in [-0.05, 0) is 25.1 Å². The summed E-state index contributed by atoms with van der Waals surface area (Å²) >= 11 is 0. The summed E-state index contributed by atoms with van der Waals surface area (Å²) in [5.41, 5.74) is 1.85. The van der Waals surface area contributed by atoms with E-state index in [0.717, 1.165) is 30.1 Å². The predicted molar refractivity (Wildman–Crippen MR) is 64.4 cm³/mol. The van der Waals surface area contributed by atoms with Gasteiger partial charge in [0.1, 0.15) is 12.4 Å². The van der Waals surface area contributed by atoms with Crippen LogP contribution in [0.25, 0.3) is 0 Å². The van der Waals surface area contributed by atoms with Crippen LogP contribution in [-0.4, -0.2) is 25.5 Å². The number of likely N-dealkylation sites (N-methyl/N-ethyl adjacent to an activating group) is 1. The lowest BCUT2D eigenvalue weighted by Crippen LogP contribution is -2.32. The lowest BCUT2D eigenvalue weighted by atomic mass is 10.1. The summed E-state index contributed by atoms with van der Waals surface area (Å²) in [5, 5.41) is 0. The Morgan fingerprint density at radius 2 is 2.25 bits per heavy atom. The lowest BCUT2D eigenvalue weighted by molar-refractivity contribution is 0.0987. The molecule has 3 nitrogen and oxygen atoms in total. The van der Waals surface area contributed by atoms with Gasteiger partial charge < -0.3 is 9.64 Å². The summed E-state index contributed by atoms with van der Waals surface area (Å²) in [5.74, 6) is 1.01. The van der Waals surface area contributed by atoms with Gasteiger partial charge in [-0.2, -0.15) is 0 Å². The molecule has 0 aliphatic carbocycles. The molecule has 1 aliphatic heterocycles. The minimum absolute atomic E-state index is 0.167. The molecule has 0 unspecified atom stereocenters. The first kappa shape index (κ1) is 11.0. The fourth-order valence-electron chi connectivity index (χ4n) is 1.98. The van der Waals surface area contributed by atoms with Gasteiger partial charge >= 0.3 is 0 Å². The fraction of sp³-hybridized carbons (Fsp3) is 0.462. The first-order valence-electron chi connectivity index (χ1n) is 5.81. The summed E-state index contributed by atoms with van der Waals surface area (Å²) in [6, 6.07) is 5.74. The molecular formula is C13H17NO2. The SMILES string of the molecule is CCC(=O)c1ccc2c(c1)OCCN2CC. The first-order chi connectivity index (χ1) is 7.76. The molecule has 2 rings (SSSR count). The van der Waals surface area contributed by atoms with Crippen LogP contribution in [0.3, 0.4) is 0 Å². The van der Waals surface area contributed by atoms with Crippen molar-refractivity contribution >= 4 is 11.5 Å². The smallest absolute Gasteiger partial charge is 0.162 e. The van der Waals surface area contributed by atoms with Gasteiger partial charge in [0.05, 0.1) is 12.2 Å². The third-order valence-corrected chi connectivity index (χ3v) is 2.94. The van der Waals surface area contributed by atoms with Gasteiger partial charge in [0, 0.05) is 18.5 Å². The van der Waals surface area contributed by atoms with Crippen LogP contribution < -0.4 is 9.64 Å². The molecule has 0 saturated carbocycles. The van der Waals surface area contributed by atoms with Crippen LogP contribution in [0.4, 0.5) is 5.69 Å². The molecule has 0 fully saturated rings. The van der Waals surface area contributed by atoms with Crippen molar-refractivity contribution in [1.82, 2.24) is 0 Å². The topological polar surface area (TPSA) is 29.5 Å². The Hall–Kier alpha value is -1.51. The number of nitrogens with zero attached hydrogens (tertiary/aromatic N) is 1. The number of carbonyl (C=O) groups excluding carboxylic acids is 1. The van der Waals surface area contributed by atoms with E-state index in [9.17, 15) is 4.79 Å². The molecule has 16 heavy (non-hydrogen) atoms. The van der Waals surface area contributed by atoms with Crippen LogP contribution in [0.15, 0.2) is 18.2 Å². The van der Waals surface area contributed by atoms with Crippen LogP contribution in [-0.2, 0) is 0 Å². The van der Waals surface area contributed by atoms with E-state index in [1.165, 1.54) is 0 Å². The number of rotatable bonds is 3. The molecule has 0 atom stereocenters. The largest absolute Gasteiger partial charge is 0.490 e. The molecule has 86 valence electrons. The van der Waals surface area contributed by atoms with Gasteiger partial charge in [-0.25, -0.2) is 0 Å². The van der Waals surface area contributed by atoms with E-state index in [2.05, 4.69) is 11.8 Å². The number of fused-ring (bicyclic) bond motifs is 1. The van der Waals surface area contributed by atoms with E-state index in [-0.39, 0.29) is 5.78 Å². The van der Waals surface area contributed by atoms with Crippen molar-refractivity contribution in [2.45, 2.75) is 20.3 Å². The van der Waals surface area contributed by atoms with Crippen molar-refractivity contribution < 1.29 is 9.53 Å². The molecule has 1 heterocycles. The van der Waals surface area contributed by atoms with Crippen LogP contribution in [0, 0.1) is 0 Å². The highest BCUT2D eigenvalue weighted by Crippen LogP contribution is 2.32. The van der Waals surface area contributed by atoms with Gasteiger partial charge in [-0.1, -0.05) is 6.92 Å². The second kappa shape index (κ2) is 4.56. The molecule has 3 heteroatoms. The summed E-state index contributed by atoms with van der Waals surface area (Å²) in [4.78, 5) is 13.8. The average molecular weight is 219 g/mol. The number of anilines is 1. The maximum atomic E-state index is 11.6. The third kappa shape index (κ3) is 1.90. The molecule has 1 aromatic carbocycles. The van der Waals surface area contributed by atoms with Gasteiger partial charge in [0.2, 0.25) is 0 Å². The van der Waals surface area contributed by atoms with E-state index >= 15 is 0 Å². The van der Waals surface area contributed by atoms with Gasteiger partial charge in [-0.15, -0.1) is 0 Å². The highest BCUT2D eigenvalue weighted by molar-refractivity contribution is 5.96. The van der Waals surface area contributed by atoms with Gasteiger partial charge in [0.15, 0.2) is 5.78 Å². The van der Waals surface area contributed by atoms with E-state index in [1.54, 1.807) is 0 Å². The molecule has 0 radical (unpaired) electrons. The summed E-state index contributed by atoms with van der Waals surface area (Å²) < 4.78 is 5.60. The Kier molecular flexibility index (Phi) is 3.13. The first-order valence-corrected chi connectivity index (χ1v) is 5.81. The van der Waals surface area contributed by atoms with Crippen LogP contribution in [0.1, 0.15) is 30.6 Å². The average Bonchev–Trinajstić information content (AvgIpc) is 2.36. The standard InChI is InChI=1S/C13H17NO2/c1-3-12(15)10-5-6-11-13(9-10)16-8-7-14(11)4-2/h5-6,9H,3-4,7-8H2,1-2H3. The van der Waals surface area contributed by atoms with Crippen molar-refractivity contribution in [2.75, 3.05) is 24.6 Å². The predicted octanol–water partition coefficient (Wildman–Crippen LogP) is 2.50. The van der Waals surface area contributed by atoms with Crippen molar-refractivity contribution in [3.63, 3.8) is 0 Å². The Morgan fingerprint density at radius 3 is 2.94 bits per heavy atom. The minimum Gasteiger partial charge on any atom is -0.490 e. The van der Waals surface area contributed by atoms with Crippen LogP contribution in [0.5, 0.6) is 5.75 Å². The molecule has 0 N–H and O–H groups in total. The zero-order valence-corrected chi connectivity index (χ0v) is 9.82. The quantitative estimate of drug-likeness (QED) is 0.731. The lowest BCUT2D eigenvalue weighted by Gasteiger charge is -2.30. The van der Waals surface area contributed by atoms with Crippen molar-refractivity contribution in [1.29, 1.82) is 0 Å². The second-order valence-corrected chi connectivity index (χ2v) is 3.89. The summed E-state index contributed by atoms with van der Waals surface area (Å²) in [7, 11) is 0. The highest BCUT2D eigenvalue weighted by atomic mass is 16.5. The number of ether oxygens (including phenoxy) is 1. The third-order valence-electron chi connectivity index (χ3n) is 2.94. The Bertz CT molecular complexity index is 401. The Balaban J connectivity index is 2.35. The molecule has 0 saturated heterocycles. The molecule has 0 aromatic heterocycles. The van der Waals surface area contributed by atoms with Crippen LogP contribution >= 0.6 is 0 Å². The Labute approximate surface area is 96.0 Å². The maximum absolute atomic E-state index is 11.6. The summed E-state index contributed by atoms with van der Waals surface area (Å²) in [6.45, 7) is 6.59. The maximum Gasteiger partial charge on any atom is 0.162 e. The van der Waals surface area contributed by atoms with Gasteiger partial charge in [-0.3, -0.25) is 4.79 Å². The van der Waals surface area contributed by atoms with Crippen molar-refractivity contribution in [3.05, 3.63) is 23.8 Å². The number of Topliss-reactive ketones (excluding diaryl/α,β-unsaturated/α-hetero) is 1. The number of benzene rings is 1. The molecular weight excluding hydrogens is 202 g/mol. The monoisotopic (exact) mass is 219 g/mol. The zero-order chi connectivity index (χ0) is 11.5. The Morgan fingerprint density at radius 1 is 1.44 bits per heavy atom. The fourth-order valence-corrected chi connectivity index (χ4v) is 1.98. The minimum atomic E-state index is 0.167. The van der Waals surface area contributed by atoms with Crippen LogP contribution in [0.2, 0.25) is 0 Å². The zero-order valence-electron chi connectivity index (χ0n) is 9.82. The highest BCUT2D eigenvalue weighted by Gasteiger charge is 2.17. The van der Waals surface area contributed by atoms with Gasteiger partial charge in [0.25, 0.3) is 0 Å². The normalized spacial score (nSPS) is 14.2. The number of hydrogen-bond acceptors (Lipinski definition) is 3. The number of carbonyl (C=O) groups is 1. The van der Waals surface area contributed by atoms with Crippen molar-refractivity contribution in [2.24, 2.45) is 0 Å². The molecule has 0 bridgehead atoms. The van der Waals surface area contributed by atoms with E-state index in [0.29, 0.717) is 13.0 Å². The molecule has 1 aromatic rings. The summed E-state index contributed by atoms with van der Waals surface area (Å²) in [6.07, 6.45) is 0.538.